The normalized spacial score (nSPS) is 11.7. The maximum absolute atomic E-state index is 12.7. The molecule has 0 saturated carbocycles. The van der Waals surface area contributed by atoms with E-state index >= 15 is 0 Å². The van der Waals surface area contributed by atoms with Crippen LogP contribution in [0.5, 0.6) is 0 Å². The zero-order valence-corrected chi connectivity index (χ0v) is 15.7. The van der Waals surface area contributed by atoms with E-state index in [1.165, 1.54) is 4.52 Å². The summed E-state index contributed by atoms with van der Waals surface area (Å²) in [6.45, 7) is 6.52. The summed E-state index contributed by atoms with van der Waals surface area (Å²) in [7, 11) is 0. The number of nitrogens with one attached hydrogen (secondary N) is 1. The number of nitrogens with zero attached hydrogens (tertiary/aromatic N) is 5. The Kier molecular flexibility index (Phi) is 3.48. The molecule has 4 aromatic heterocycles. The molecule has 0 saturated heterocycles. The minimum Gasteiger partial charge on any atom is -0.441 e. The number of hydrogen-bond acceptors (Lipinski definition) is 5. The highest BCUT2D eigenvalue weighted by atomic mass is 16.4. The minimum absolute atomic E-state index is 0.217. The van der Waals surface area contributed by atoms with E-state index in [1.54, 1.807) is 12.3 Å². The molecule has 0 unspecified atom stereocenters. The first-order valence-corrected chi connectivity index (χ1v) is 9.06. The molecule has 0 aliphatic rings. The van der Waals surface area contributed by atoms with Gasteiger partial charge in [0.15, 0.2) is 5.65 Å². The van der Waals surface area contributed by atoms with Crippen LogP contribution in [0.2, 0.25) is 0 Å². The molecule has 28 heavy (non-hydrogen) atoms. The lowest BCUT2D eigenvalue weighted by atomic mass is 10.1. The molecule has 1 N–H and O–H groups in total. The molecule has 1 aromatic carbocycles. The number of hydrogen-bond donors (Lipinski definition) is 1. The van der Waals surface area contributed by atoms with Crippen molar-refractivity contribution >= 4 is 16.6 Å². The van der Waals surface area contributed by atoms with Gasteiger partial charge in [0, 0.05) is 18.0 Å². The van der Waals surface area contributed by atoms with Gasteiger partial charge in [-0.15, -0.1) is 0 Å². The minimum atomic E-state index is -0.217. The summed E-state index contributed by atoms with van der Waals surface area (Å²) in [6.07, 6.45) is 3.49. The zero-order chi connectivity index (χ0) is 19.4. The van der Waals surface area contributed by atoms with E-state index < -0.39 is 0 Å². The molecule has 0 bridgehead atoms. The van der Waals surface area contributed by atoms with Crippen LogP contribution in [0.1, 0.15) is 18.4 Å². The third-order valence-electron chi connectivity index (χ3n) is 4.88. The topological polar surface area (TPSA) is 94.0 Å². The number of aromatic nitrogens is 6. The van der Waals surface area contributed by atoms with Crippen molar-refractivity contribution in [3.05, 3.63) is 58.5 Å². The molecule has 0 aliphatic heterocycles. The van der Waals surface area contributed by atoms with Crippen LogP contribution in [0.15, 0.2) is 45.9 Å². The first-order valence-electron chi connectivity index (χ1n) is 9.06. The van der Waals surface area contributed by atoms with Gasteiger partial charge in [-0.3, -0.25) is 9.48 Å². The Bertz CT molecular complexity index is 1400. The van der Waals surface area contributed by atoms with Gasteiger partial charge in [-0.2, -0.15) is 14.7 Å². The predicted octanol–water partition coefficient (Wildman–Crippen LogP) is 3.33. The Morgan fingerprint density at radius 1 is 1.18 bits per heavy atom. The Labute approximate surface area is 159 Å². The lowest BCUT2D eigenvalue weighted by Gasteiger charge is -2.05. The first kappa shape index (κ1) is 16.5. The fraction of sp³-hybridized carbons (Fsp3) is 0.200. The lowest BCUT2D eigenvalue weighted by molar-refractivity contribution is 0.542. The smallest absolute Gasteiger partial charge is 0.274 e. The summed E-state index contributed by atoms with van der Waals surface area (Å²) in [5, 5.41) is 9.76. The third-order valence-corrected chi connectivity index (χ3v) is 4.88. The first-order chi connectivity index (χ1) is 13.5. The highest BCUT2D eigenvalue weighted by Crippen LogP contribution is 2.28. The van der Waals surface area contributed by atoms with E-state index in [1.807, 2.05) is 42.9 Å². The van der Waals surface area contributed by atoms with Gasteiger partial charge in [-0.05, 0) is 38.5 Å². The van der Waals surface area contributed by atoms with Gasteiger partial charge >= 0.3 is 0 Å². The third kappa shape index (κ3) is 2.38. The molecule has 0 amide bonds. The van der Waals surface area contributed by atoms with Gasteiger partial charge < -0.3 is 9.40 Å². The molecule has 140 valence electrons. The van der Waals surface area contributed by atoms with E-state index in [0.29, 0.717) is 34.2 Å². The van der Waals surface area contributed by atoms with Crippen molar-refractivity contribution < 1.29 is 4.42 Å². The quantitative estimate of drug-likeness (QED) is 0.523. The second-order valence-corrected chi connectivity index (χ2v) is 6.75. The molecule has 8 nitrogen and oxygen atoms in total. The van der Waals surface area contributed by atoms with E-state index in [0.717, 1.165) is 23.0 Å². The van der Waals surface area contributed by atoms with Crippen LogP contribution in [0.25, 0.3) is 39.3 Å². The van der Waals surface area contributed by atoms with Crippen molar-refractivity contribution in [2.75, 3.05) is 0 Å². The van der Waals surface area contributed by atoms with Crippen LogP contribution in [0.3, 0.4) is 0 Å². The van der Waals surface area contributed by atoms with Crippen molar-refractivity contribution in [2.24, 2.45) is 0 Å². The molecular weight excluding hydrogens is 356 g/mol. The fourth-order valence-electron chi connectivity index (χ4n) is 3.54. The number of oxazole rings is 1. The molecule has 5 aromatic rings. The second kappa shape index (κ2) is 5.91. The van der Waals surface area contributed by atoms with Gasteiger partial charge in [-0.1, -0.05) is 6.07 Å². The van der Waals surface area contributed by atoms with E-state index in [-0.39, 0.29) is 5.56 Å². The van der Waals surface area contributed by atoms with Crippen LogP contribution >= 0.6 is 0 Å². The van der Waals surface area contributed by atoms with Crippen LogP contribution in [-0.4, -0.2) is 29.4 Å². The Morgan fingerprint density at radius 2 is 2.04 bits per heavy atom. The van der Waals surface area contributed by atoms with Gasteiger partial charge in [0.1, 0.15) is 11.3 Å². The average Bonchev–Trinajstić information content (AvgIpc) is 3.37. The number of H-pyrrole nitrogens is 1. The number of aryl methyl sites for hydroxylation is 3. The highest BCUT2D eigenvalue weighted by molar-refractivity contribution is 5.84. The summed E-state index contributed by atoms with van der Waals surface area (Å²) in [5.41, 5.74) is 4.37. The summed E-state index contributed by atoms with van der Waals surface area (Å²) in [4.78, 5) is 20.3. The van der Waals surface area contributed by atoms with Crippen molar-refractivity contribution in [3.63, 3.8) is 0 Å². The van der Waals surface area contributed by atoms with E-state index in [2.05, 4.69) is 27.1 Å². The van der Waals surface area contributed by atoms with Crippen LogP contribution in [0.4, 0.5) is 0 Å². The maximum Gasteiger partial charge on any atom is 0.274 e. The van der Waals surface area contributed by atoms with Crippen LogP contribution in [0, 0.1) is 13.8 Å². The standard InChI is InChI=1S/C20H18N6O2/c1-4-25-16-6-5-13(7-14(16)10-22-25)15-8-17(27)26-19(23-15)18(12(3)24-26)20-21-9-11(2)28-20/h5-10,23H,4H2,1-3H3. The van der Waals surface area contributed by atoms with E-state index in [4.69, 9.17) is 4.42 Å². The molecule has 0 atom stereocenters. The SMILES string of the molecule is CCn1ncc2cc(-c3cc(=O)n4nc(C)c(-c5ncc(C)o5)c4[nH]3)ccc21. The van der Waals surface area contributed by atoms with Gasteiger partial charge in [0.2, 0.25) is 5.89 Å². The predicted molar refractivity (Wildman–Crippen MR) is 105 cm³/mol. The van der Waals surface area contributed by atoms with Crippen molar-refractivity contribution in [3.8, 4) is 22.7 Å². The molecule has 4 heterocycles. The van der Waals surface area contributed by atoms with Crippen LogP contribution in [-0.2, 0) is 6.54 Å². The molecule has 0 fully saturated rings. The number of benzene rings is 1. The molecular formula is C20H18N6O2. The average molecular weight is 374 g/mol. The number of rotatable bonds is 3. The maximum atomic E-state index is 12.7. The van der Waals surface area contributed by atoms with Gasteiger partial charge in [0.25, 0.3) is 5.56 Å². The van der Waals surface area contributed by atoms with Crippen molar-refractivity contribution in [1.29, 1.82) is 0 Å². The van der Waals surface area contributed by atoms with Gasteiger partial charge in [-0.25, -0.2) is 4.98 Å². The van der Waals surface area contributed by atoms with Gasteiger partial charge in [0.05, 0.1) is 29.3 Å². The summed E-state index contributed by atoms with van der Waals surface area (Å²) >= 11 is 0. The molecule has 0 aliphatic carbocycles. The monoisotopic (exact) mass is 374 g/mol. The molecule has 0 radical (unpaired) electrons. The summed E-state index contributed by atoms with van der Waals surface area (Å²) in [5.74, 6) is 1.14. The second-order valence-electron chi connectivity index (χ2n) is 6.75. The molecule has 0 spiro atoms. The largest absolute Gasteiger partial charge is 0.441 e. The number of fused-ring (bicyclic) bond motifs is 2. The summed E-state index contributed by atoms with van der Waals surface area (Å²) in [6, 6.07) is 7.57. The zero-order valence-electron chi connectivity index (χ0n) is 15.7. The molecule has 5 rings (SSSR count). The Hall–Kier alpha value is -3.68. The summed E-state index contributed by atoms with van der Waals surface area (Å²) < 4.78 is 8.96. The van der Waals surface area contributed by atoms with Crippen molar-refractivity contribution in [2.45, 2.75) is 27.3 Å². The molecule has 8 heteroatoms. The number of aromatic amines is 1. The van der Waals surface area contributed by atoms with E-state index in [9.17, 15) is 4.79 Å². The highest BCUT2D eigenvalue weighted by Gasteiger charge is 2.19. The fourth-order valence-corrected chi connectivity index (χ4v) is 3.54. The van der Waals surface area contributed by atoms with Crippen molar-refractivity contribution in [1.82, 2.24) is 29.4 Å². The Morgan fingerprint density at radius 3 is 2.79 bits per heavy atom. The Balaban J connectivity index is 1.74. The van der Waals surface area contributed by atoms with Crippen LogP contribution < -0.4 is 5.56 Å². The lowest BCUT2D eigenvalue weighted by Crippen LogP contribution is -2.14.